The van der Waals surface area contributed by atoms with Gasteiger partial charge in [-0.3, -0.25) is 4.98 Å². The van der Waals surface area contributed by atoms with Crippen LogP contribution in [0.5, 0.6) is 11.5 Å². The van der Waals surface area contributed by atoms with Crippen LogP contribution in [-0.2, 0) is 22.6 Å². The largest absolute Gasteiger partial charge is 0.490 e. The Morgan fingerprint density at radius 2 is 1.90 bits per heavy atom. The van der Waals surface area contributed by atoms with Crippen LogP contribution in [0.4, 0.5) is 4.39 Å². The normalized spacial score (nSPS) is 12.2. The number of rotatable bonds is 10. The molecule has 3 aromatic rings. The van der Waals surface area contributed by atoms with Gasteiger partial charge in [0.25, 0.3) is 0 Å². The minimum absolute atomic E-state index is 0.143. The van der Waals surface area contributed by atoms with Crippen molar-refractivity contribution in [2.75, 3.05) is 6.61 Å². The molecule has 0 fully saturated rings. The van der Waals surface area contributed by atoms with E-state index in [4.69, 9.17) is 14.2 Å². The molecule has 0 spiro atoms. The number of nitrogens with zero attached hydrogens (tertiary/aromatic N) is 1. The van der Waals surface area contributed by atoms with Crippen LogP contribution in [0.2, 0.25) is 0 Å². The van der Waals surface area contributed by atoms with E-state index in [1.54, 1.807) is 49.5 Å². The highest BCUT2D eigenvalue weighted by Crippen LogP contribution is 2.32. The third-order valence-corrected chi connectivity index (χ3v) is 4.61. The van der Waals surface area contributed by atoms with Gasteiger partial charge < -0.3 is 19.3 Å². The molecule has 1 N–H and O–H groups in total. The van der Waals surface area contributed by atoms with Crippen molar-refractivity contribution in [3.05, 3.63) is 65.6 Å². The summed E-state index contributed by atoms with van der Waals surface area (Å²) in [6.45, 7) is 6.00. The minimum atomic E-state index is -0.990. The van der Waals surface area contributed by atoms with E-state index in [1.807, 2.05) is 13.8 Å². The van der Waals surface area contributed by atoms with E-state index >= 15 is 0 Å². The van der Waals surface area contributed by atoms with Crippen molar-refractivity contribution in [3.8, 4) is 11.5 Å². The van der Waals surface area contributed by atoms with Crippen molar-refractivity contribution >= 4 is 16.9 Å². The fourth-order valence-electron chi connectivity index (χ4n) is 3.20. The van der Waals surface area contributed by atoms with Gasteiger partial charge in [-0.1, -0.05) is 18.2 Å². The molecule has 0 saturated heterocycles. The Bertz CT molecular complexity index is 1040. The third-order valence-electron chi connectivity index (χ3n) is 4.61. The molecular formula is C24H26FNO5. The van der Waals surface area contributed by atoms with Crippen LogP contribution >= 0.6 is 0 Å². The molecule has 3 rings (SSSR count). The molecule has 1 aromatic heterocycles. The Morgan fingerprint density at radius 3 is 2.55 bits per heavy atom. The van der Waals surface area contributed by atoms with Crippen molar-refractivity contribution in [1.29, 1.82) is 0 Å². The molecule has 0 aliphatic heterocycles. The Hall–Kier alpha value is -3.19. The number of fused-ring (bicyclic) bond motifs is 1. The number of carboxylic acids is 1. The Labute approximate surface area is 180 Å². The van der Waals surface area contributed by atoms with Crippen LogP contribution < -0.4 is 9.47 Å². The lowest BCUT2D eigenvalue weighted by molar-refractivity contribution is -0.149. The lowest BCUT2D eigenvalue weighted by atomic mass is 10.1. The van der Waals surface area contributed by atoms with Gasteiger partial charge in [0.2, 0.25) is 0 Å². The highest BCUT2D eigenvalue weighted by atomic mass is 19.1. The summed E-state index contributed by atoms with van der Waals surface area (Å²) >= 11 is 0. The summed E-state index contributed by atoms with van der Waals surface area (Å²) in [6, 6.07) is 11.9. The number of carboxylic acid groups (broad SMARTS) is 1. The van der Waals surface area contributed by atoms with E-state index in [1.165, 1.54) is 6.07 Å². The first kappa shape index (κ1) is 22.5. The van der Waals surface area contributed by atoms with Gasteiger partial charge in [0.15, 0.2) is 6.10 Å². The second kappa shape index (κ2) is 10.2. The van der Waals surface area contributed by atoms with E-state index in [2.05, 4.69) is 4.98 Å². The SMILES string of the molecule is CCOC(Cc1ccc(OCc2cnc3cccc(F)c3c2OC(C)C)cc1)C(=O)O. The summed E-state index contributed by atoms with van der Waals surface area (Å²) in [4.78, 5) is 15.6. The lowest BCUT2D eigenvalue weighted by Gasteiger charge is -2.17. The van der Waals surface area contributed by atoms with E-state index in [0.717, 1.165) is 5.56 Å². The smallest absolute Gasteiger partial charge is 0.333 e. The number of pyridine rings is 1. The Morgan fingerprint density at radius 1 is 1.16 bits per heavy atom. The molecule has 0 aliphatic carbocycles. The lowest BCUT2D eigenvalue weighted by Crippen LogP contribution is -2.26. The summed E-state index contributed by atoms with van der Waals surface area (Å²) in [5, 5.41) is 9.56. The number of ether oxygens (including phenoxy) is 3. The molecule has 0 amide bonds. The number of halogens is 1. The highest BCUT2D eigenvalue weighted by molar-refractivity contribution is 5.86. The van der Waals surface area contributed by atoms with Crippen LogP contribution in [-0.4, -0.2) is 34.9 Å². The first-order valence-corrected chi connectivity index (χ1v) is 10.2. The average Bonchev–Trinajstić information content (AvgIpc) is 2.73. The summed E-state index contributed by atoms with van der Waals surface area (Å²) in [5.74, 6) is -0.364. The molecule has 1 atom stereocenters. The molecule has 1 unspecified atom stereocenters. The standard InChI is InChI=1S/C24H26FNO5/c1-4-29-21(24(27)28)12-16-8-10-18(11-9-16)30-14-17-13-26-20-7-5-6-19(25)22(20)23(17)31-15(2)3/h5-11,13,15,21H,4,12,14H2,1-3H3,(H,27,28). The topological polar surface area (TPSA) is 77.9 Å². The first-order chi connectivity index (χ1) is 14.9. The molecule has 0 aliphatic rings. The first-order valence-electron chi connectivity index (χ1n) is 10.2. The molecule has 0 radical (unpaired) electrons. The number of aromatic nitrogens is 1. The fraction of sp³-hybridized carbons (Fsp3) is 0.333. The van der Waals surface area contributed by atoms with Gasteiger partial charge in [-0.25, -0.2) is 9.18 Å². The van der Waals surface area contributed by atoms with Gasteiger partial charge in [-0.2, -0.15) is 0 Å². The summed E-state index contributed by atoms with van der Waals surface area (Å²) < 4.78 is 31.5. The van der Waals surface area contributed by atoms with E-state index in [9.17, 15) is 14.3 Å². The van der Waals surface area contributed by atoms with Gasteiger partial charge in [0.1, 0.15) is 23.9 Å². The van der Waals surface area contributed by atoms with Gasteiger partial charge >= 0.3 is 5.97 Å². The number of aliphatic carboxylic acids is 1. The second-order valence-electron chi connectivity index (χ2n) is 7.33. The molecule has 31 heavy (non-hydrogen) atoms. The van der Waals surface area contributed by atoms with Gasteiger partial charge in [0.05, 0.1) is 22.6 Å². The molecule has 6 nitrogen and oxygen atoms in total. The number of benzene rings is 2. The zero-order chi connectivity index (χ0) is 22.4. The van der Waals surface area contributed by atoms with Crippen LogP contribution in [0.1, 0.15) is 31.9 Å². The van der Waals surface area contributed by atoms with E-state index in [-0.39, 0.29) is 19.1 Å². The minimum Gasteiger partial charge on any atom is -0.490 e. The van der Waals surface area contributed by atoms with Gasteiger partial charge in [0, 0.05) is 19.2 Å². The predicted molar refractivity (Wildman–Crippen MR) is 115 cm³/mol. The number of hydrogen-bond donors (Lipinski definition) is 1. The van der Waals surface area contributed by atoms with Crippen molar-refractivity contribution < 1.29 is 28.5 Å². The number of carbonyl (C=O) groups is 1. The summed E-state index contributed by atoms with van der Waals surface area (Å²) in [5.41, 5.74) is 1.98. The molecule has 2 aromatic carbocycles. The quantitative estimate of drug-likeness (QED) is 0.502. The van der Waals surface area contributed by atoms with Crippen LogP contribution in [0, 0.1) is 5.82 Å². The van der Waals surface area contributed by atoms with Crippen molar-refractivity contribution in [2.45, 2.75) is 46.0 Å². The third kappa shape index (κ3) is 5.70. The average molecular weight is 427 g/mol. The molecule has 0 bridgehead atoms. The molecule has 1 heterocycles. The predicted octanol–water partition coefficient (Wildman–Crippen LogP) is 4.77. The van der Waals surface area contributed by atoms with Crippen molar-refractivity contribution in [3.63, 3.8) is 0 Å². The zero-order valence-corrected chi connectivity index (χ0v) is 17.8. The highest BCUT2D eigenvalue weighted by Gasteiger charge is 2.18. The zero-order valence-electron chi connectivity index (χ0n) is 17.8. The molecule has 7 heteroatoms. The van der Waals surface area contributed by atoms with E-state index < -0.39 is 17.9 Å². The van der Waals surface area contributed by atoms with Crippen molar-refractivity contribution in [2.24, 2.45) is 0 Å². The second-order valence-corrected chi connectivity index (χ2v) is 7.33. The fourth-order valence-corrected chi connectivity index (χ4v) is 3.20. The summed E-state index contributed by atoms with van der Waals surface area (Å²) in [6.07, 6.45) is 0.874. The van der Waals surface area contributed by atoms with Crippen LogP contribution in [0.15, 0.2) is 48.7 Å². The van der Waals surface area contributed by atoms with E-state index in [0.29, 0.717) is 34.6 Å². The maximum absolute atomic E-state index is 14.5. The Kier molecular flexibility index (Phi) is 7.41. The Balaban J connectivity index is 1.76. The van der Waals surface area contributed by atoms with Crippen molar-refractivity contribution in [1.82, 2.24) is 4.98 Å². The van der Waals surface area contributed by atoms with Gasteiger partial charge in [-0.15, -0.1) is 0 Å². The maximum atomic E-state index is 14.5. The van der Waals surface area contributed by atoms with Crippen LogP contribution in [0.25, 0.3) is 10.9 Å². The number of hydrogen-bond acceptors (Lipinski definition) is 5. The molecular weight excluding hydrogens is 401 g/mol. The van der Waals surface area contributed by atoms with Gasteiger partial charge in [-0.05, 0) is 50.6 Å². The molecule has 0 saturated carbocycles. The summed E-state index contributed by atoms with van der Waals surface area (Å²) in [7, 11) is 0. The monoisotopic (exact) mass is 427 g/mol. The maximum Gasteiger partial charge on any atom is 0.333 e. The van der Waals surface area contributed by atoms with Crippen LogP contribution in [0.3, 0.4) is 0 Å². The molecule has 164 valence electrons.